The van der Waals surface area contributed by atoms with Crippen molar-refractivity contribution in [3.05, 3.63) is 84.1 Å². The van der Waals surface area contributed by atoms with Crippen LogP contribution in [0.1, 0.15) is 24.1 Å². The minimum atomic E-state index is 0.419. The van der Waals surface area contributed by atoms with Crippen molar-refractivity contribution in [1.82, 2.24) is 4.90 Å². The Balaban J connectivity index is 1.70. The highest BCUT2D eigenvalue weighted by Crippen LogP contribution is 2.42. The molecule has 0 spiro atoms. The number of hydrogen-bond donors (Lipinski definition) is 0. The minimum Gasteiger partial charge on any atom is -0.358 e. The zero-order chi connectivity index (χ0) is 13.2. The van der Waals surface area contributed by atoms with Crippen molar-refractivity contribution in [3.63, 3.8) is 0 Å². The van der Waals surface area contributed by atoms with Gasteiger partial charge in [-0.3, -0.25) is 0 Å². The average molecular weight is 249 g/mol. The molecule has 0 unspecified atom stereocenters. The van der Waals surface area contributed by atoms with E-state index in [-0.39, 0.29) is 0 Å². The quantitative estimate of drug-likeness (QED) is 0.734. The lowest BCUT2D eigenvalue weighted by Gasteiger charge is -2.15. The van der Waals surface area contributed by atoms with Gasteiger partial charge < -0.3 is 4.90 Å². The maximum atomic E-state index is 4.20. The Hall–Kier alpha value is -2.02. The van der Waals surface area contributed by atoms with Crippen LogP contribution in [-0.4, -0.2) is 10.9 Å². The molecule has 1 heteroatoms. The molecule has 1 aliphatic heterocycles. The summed E-state index contributed by atoms with van der Waals surface area (Å²) < 4.78 is 0. The summed E-state index contributed by atoms with van der Waals surface area (Å²) in [6, 6.07) is 22.2. The maximum absolute atomic E-state index is 4.20. The SMILES string of the molecule is C=C1[C@@H](Cc2ccccc2)N1[C@H](C)c1ccccc1. The second-order valence-electron chi connectivity index (χ2n) is 5.19. The fourth-order valence-corrected chi connectivity index (χ4v) is 2.77. The fourth-order valence-electron chi connectivity index (χ4n) is 2.77. The molecule has 2 aromatic carbocycles. The molecule has 0 aliphatic carbocycles. The molecule has 2 atom stereocenters. The Kier molecular flexibility index (Phi) is 3.12. The van der Waals surface area contributed by atoms with E-state index < -0.39 is 0 Å². The van der Waals surface area contributed by atoms with Crippen molar-refractivity contribution in [3.8, 4) is 0 Å². The van der Waals surface area contributed by atoms with Crippen LogP contribution in [0, 0.1) is 0 Å². The summed E-state index contributed by atoms with van der Waals surface area (Å²) in [7, 11) is 0. The van der Waals surface area contributed by atoms with Crippen molar-refractivity contribution in [1.29, 1.82) is 0 Å². The van der Waals surface area contributed by atoms with Gasteiger partial charge in [-0.15, -0.1) is 0 Å². The molecule has 0 saturated carbocycles. The molecule has 0 amide bonds. The van der Waals surface area contributed by atoms with Crippen LogP contribution in [0.4, 0.5) is 0 Å². The molecule has 96 valence electrons. The van der Waals surface area contributed by atoms with E-state index >= 15 is 0 Å². The van der Waals surface area contributed by atoms with Crippen LogP contribution in [0.3, 0.4) is 0 Å². The van der Waals surface area contributed by atoms with Gasteiger partial charge in [0.2, 0.25) is 0 Å². The topological polar surface area (TPSA) is 3.01 Å². The molecule has 1 fully saturated rings. The number of nitrogens with zero attached hydrogens (tertiary/aromatic N) is 1. The average Bonchev–Trinajstić information content (AvgIpc) is 3.10. The van der Waals surface area contributed by atoms with E-state index in [4.69, 9.17) is 0 Å². The smallest absolute Gasteiger partial charge is 0.0728 e. The second kappa shape index (κ2) is 4.93. The van der Waals surface area contributed by atoms with Crippen molar-refractivity contribution in [2.75, 3.05) is 0 Å². The van der Waals surface area contributed by atoms with Crippen molar-refractivity contribution < 1.29 is 0 Å². The lowest BCUT2D eigenvalue weighted by atomic mass is 10.1. The van der Waals surface area contributed by atoms with E-state index in [1.807, 2.05) is 0 Å². The van der Waals surface area contributed by atoms with Gasteiger partial charge in [0.25, 0.3) is 0 Å². The molecule has 0 aromatic heterocycles. The van der Waals surface area contributed by atoms with Crippen LogP contribution < -0.4 is 0 Å². The van der Waals surface area contributed by atoms with E-state index in [1.54, 1.807) is 0 Å². The van der Waals surface area contributed by atoms with Gasteiger partial charge in [0.1, 0.15) is 0 Å². The molecule has 0 bridgehead atoms. The highest BCUT2D eigenvalue weighted by molar-refractivity contribution is 5.33. The van der Waals surface area contributed by atoms with Crippen LogP contribution in [0.15, 0.2) is 72.9 Å². The maximum Gasteiger partial charge on any atom is 0.0728 e. The Morgan fingerprint density at radius 2 is 1.58 bits per heavy atom. The third-order valence-corrected chi connectivity index (χ3v) is 3.96. The van der Waals surface area contributed by atoms with E-state index in [9.17, 15) is 0 Å². The van der Waals surface area contributed by atoms with Crippen LogP contribution in [0.2, 0.25) is 0 Å². The van der Waals surface area contributed by atoms with E-state index in [0.717, 1.165) is 6.42 Å². The molecule has 1 saturated heterocycles. The third kappa shape index (κ3) is 2.41. The largest absolute Gasteiger partial charge is 0.358 e. The Morgan fingerprint density at radius 1 is 1.00 bits per heavy atom. The number of benzene rings is 2. The molecule has 1 nitrogen and oxygen atoms in total. The molecule has 1 aliphatic rings. The highest BCUT2D eigenvalue weighted by Gasteiger charge is 2.41. The van der Waals surface area contributed by atoms with E-state index in [2.05, 4.69) is 79.1 Å². The van der Waals surface area contributed by atoms with Gasteiger partial charge in [0, 0.05) is 5.70 Å². The highest BCUT2D eigenvalue weighted by atomic mass is 15.3. The predicted molar refractivity (Wildman–Crippen MR) is 79.8 cm³/mol. The van der Waals surface area contributed by atoms with Gasteiger partial charge >= 0.3 is 0 Å². The molecule has 0 N–H and O–H groups in total. The summed E-state index contributed by atoms with van der Waals surface area (Å²) in [4.78, 5) is 2.42. The second-order valence-corrected chi connectivity index (χ2v) is 5.19. The van der Waals surface area contributed by atoms with E-state index in [1.165, 1.54) is 16.8 Å². The van der Waals surface area contributed by atoms with E-state index in [0.29, 0.717) is 12.1 Å². The van der Waals surface area contributed by atoms with Crippen molar-refractivity contribution in [2.24, 2.45) is 0 Å². The summed E-state index contributed by atoms with van der Waals surface area (Å²) in [5.74, 6) is 0. The summed E-state index contributed by atoms with van der Waals surface area (Å²) >= 11 is 0. The van der Waals surface area contributed by atoms with Crippen LogP contribution >= 0.6 is 0 Å². The summed E-state index contributed by atoms with van der Waals surface area (Å²) in [5, 5.41) is 0. The monoisotopic (exact) mass is 249 g/mol. The zero-order valence-electron chi connectivity index (χ0n) is 11.3. The number of hydrogen-bond acceptors (Lipinski definition) is 1. The van der Waals surface area contributed by atoms with Gasteiger partial charge in [-0.1, -0.05) is 67.2 Å². The Bertz CT molecular complexity index is 559. The third-order valence-electron chi connectivity index (χ3n) is 3.96. The first-order chi connectivity index (χ1) is 9.27. The summed E-state index contributed by atoms with van der Waals surface area (Å²) in [5.41, 5.74) is 4.01. The first kappa shape index (κ1) is 12.0. The number of rotatable bonds is 4. The molecular weight excluding hydrogens is 230 g/mol. The molecule has 0 radical (unpaired) electrons. The fraction of sp³-hybridized carbons (Fsp3) is 0.222. The molecular formula is C18H19N. The van der Waals surface area contributed by atoms with Crippen molar-refractivity contribution in [2.45, 2.75) is 25.4 Å². The first-order valence-corrected chi connectivity index (χ1v) is 6.83. The molecule has 2 aromatic rings. The van der Waals surface area contributed by atoms with Crippen molar-refractivity contribution >= 4 is 0 Å². The summed E-state index contributed by atoms with van der Waals surface area (Å²) in [6.07, 6.45) is 1.07. The van der Waals surface area contributed by atoms with Crippen LogP contribution in [0.25, 0.3) is 0 Å². The first-order valence-electron chi connectivity index (χ1n) is 6.83. The lowest BCUT2D eigenvalue weighted by molar-refractivity contribution is 0.417. The van der Waals surface area contributed by atoms with Gasteiger partial charge in [-0.2, -0.15) is 0 Å². The predicted octanol–water partition coefficient (Wildman–Crippen LogP) is 4.19. The van der Waals surface area contributed by atoms with Crippen LogP contribution in [-0.2, 0) is 6.42 Å². The lowest BCUT2D eigenvalue weighted by Crippen LogP contribution is -2.09. The molecule has 1 heterocycles. The molecule has 3 rings (SSSR count). The van der Waals surface area contributed by atoms with Gasteiger partial charge in [-0.25, -0.2) is 0 Å². The standard InChI is InChI=1S/C18H19N/c1-14(17-11-7-4-8-12-17)19-15(2)18(19)13-16-9-5-3-6-10-16/h3-12,14,18H,2,13H2,1H3/t14-,18-,19?/m1/s1. The Labute approximate surface area is 115 Å². The Morgan fingerprint density at radius 3 is 2.21 bits per heavy atom. The summed E-state index contributed by atoms with van der Waals surface area (Å²) in [6.45, 7) is 6.45. The molecule has 19 heavy (non-hydrogen) atoms. The normalized spacial score (nSPS) is 19.3. The van der Waals surface area contributed by atoms with Gasteiger partial charge in [0.05, 0.1) is 12.1 Å². The van der Waals surface area contributed by atoms with Gasteiger partial charge in [0.15, 0.2) is 0 Å². The van der Waals surface area contributed by atoms with Gasteiger partial charge in [-0.05, 0) is 24.5 Å². The van der Waals surface area contributed by atoms with Crippen LogP contribution in [0.5, 0.6) is 0 Å². The minimum absolute atomic E-state index is 0.419. The zero-order valence-corrected chi connectivity index (χ0v) is 11.3.